The quantitative estimate of drug-likeness (QED) is 0.313. The molecule has 0 saturated carbocycles. The Kier molecular flexibility index (Phi) is 8.31. The molecule has 204 valence electrons. The number of benzene rings is 2. The fraction of sp³-hybridized carbons (Fsp3) is 0.407. The number of aromatic nitrogens is 2. The minimum atomic E-state index is -3.65. The van der Waals surface area contributed by atoms with Crippen molar-refractivity contribution in [2.45, 2.75) is 51.0 Å². The lowest BCUT2D eigenvalue weighted by Gasteiger charge is -2.20. The van der Waals surface area contributed by atoms with Crippen LogP contribution < -0.4 is 20.1 Å². The van der Waals surface area contributed by atoms with E-state index >= 15 is 0 Å². The molecule has 1 saturated heterocycles. The first-order valence-electron chi connectivity index (χ1n) is 12.5. The standard InChI is InChI=1S/C27H36N6O3S.3H2/c1-20-19-28-26(30-21-10-12-23(13-11-21)36-17-16-33-14-5-6-15-33)31-25(20)29-22-8-7-9-24(18-22)37(34,35)32-27(2,3)4;;;/h7-13,18-19,32H,5-6,14-17H2,1-4H3,(H2,28,29,30,31);3*1H. The lowest BCUT2D eigenvalue weighted by molar-refractivity contribution is 0.238. The van der Waals surface area contributed by atoms with Gasteiger partial charge in [-0.2, -0.15) is 4.98 Å². The molecule has 1 fully saturated rings. The molecule has 9 nitrogen and oxygen atoms in total. The highest BCUT2D eigenvalue weighted by molar-refractivity contribution is 7.89. The van der Waals surface area contributed by atoms with E-state index in [1.54, 1.807) is 30.5 Å². The molecular formula is C27H42N6O3S. The van der Waals surface area contributed by atoms with Crippen LogP contribution in [-0.4, -0.2) is 55.1 Å². The van der Waals surface area contributed by atoms with E-state index in [-0.39, 0.29) is 9.18 Å². The highest BCUT2D eigenvalue weighted by Gasteiger charge is 2.22. The maximum atomic E-state index is 12.7. The van der Waals surface area contributed by atoms with Crippen molar-refractivity contribution in [1.82, 2.24) is 19.6 Å². The summed E-state index contributed by atoms with van der Waals surface area (Å²) in [6.07, 6.45) is 4.28. The summed E-state index contributed by atoms with van der Waals surface area (Å²) in [7, 11) is -3.65. The average Bonchev–Trinajstić information content (AvgIpc) is 3.35. The summed E-state index contributed by atoms with van der Waals surface area (Å²) in [6, 6.07) is 14.4. The Bertz CT molecular complexity index is 1320. The van der Waals surface area contributed by atoms with Crippen molar-refractivity contribution in [2.24, 2.45) is 0 Å². The molecule has 0 atom stereocenters. The SMILES string of the molecule is Cc1cnc(Nc2ccc(OCCN3CCCC3)cc2)nc1Nc1cccc(S(=O)(=O)NC(C)(C)C)c1.[HH].[HH].[HH]. The first-order valence-corrected chi connectivity index (χ1v) is 14.0. The number of likely N-dealkylation sites (tertiary alicyclic amines) is 1. The van der Waals surface area contributed by atoms with E-state index in [1.165, 1.54) is 25.9 Å². The second-order valence-corrected chi connectivity index (χ2v) is 12.0. The van der Waals surface area contributed by atoms with Crippen molar-refractivity contribution < 1.29 is 17.4 Å². The molecule has 0 unspecified atom stereocenters. The van der Waals surface area contributed by atoms with Crippen LogP contribution in [0.3, 0.4) is 0 Å². The Morgan fingerprint density at radius 2 is 1.76 bits per heavy atom. The van der Waals surface area contributed by atoms with Crippen LogP contribution in [0.1, 0.15) is 43.5 Å². The Morgan fingerprint density at radius 3 is 2.46 bits per heavy atom. The molecule has 2 heterocycles. The van der Waals surface area contributed by atoms with Gasteiger partial charge in [-0.3, -0.25) is 4.90 Å². The zero-order valence-electron chi connectivity index (χ0n) is 21.9. The van der Waals surface area contributed by atoms with Gasteiger partial charge < -0.3 is 15.4 Å². The third-order valence-electron chi connectivity index (χ3n) is 5.80. The number of rotatable bonds is 10. The number of nitrogens with zero attached hydrogens (tertiary/aromatic N) is 3. The number of nitrogens with one attached hydrogen (secondary N) is 3. The number of ether oxygens (including phenoxy) is 1. The minimum absolute atomic E-state index is 0. The summed E-state index contributed by atoms with van der Waals surface area (Å²) in [4.78, 5) is 11.6. The summed E-state index contributed by atoms with van der Waals surface area (Å²) >= 11 is 0. The van der Waals surface area contributed by atoms with Gasteiger partial charge in [0.2, 0.25) is 16.0 Å². The lowest BCUT2D eigenvalue weighted by atomic mass is 10.1. The van der Waals surface area contributed by atoms with Gasteiger partial charge in [-0.25, -0.2) is 18.1 Å². The van der Waals surface area contributed by atoms with E-state index in [0.29, 0.717) is 24.1 Å². The summed E-state index contributed by atoms with van der Waals surface area (Å²) < 4.78 is 34.0. The number of hydrogen-bond acceptors (Lipinski definition) is 8. The Hall–Kier alpha value is -3.21. The molecule has 1 aliphatic rings. The summed E-state index contributed by atoms with van der Waals surface area (Å²) in [5.41, 5.74) is 1.70. The van der Waals surface area contributed by atoms with Gasteiger partial charge in [0.1, 0.15) is 18.2 Å². The molecule has 0 bridgehead atoms. The van der Waals surface area contributed by atoms with Gasteiger partial charge in [0.25, 0.3) is 0 Å². The fourth-order valence-electron chi connectivity index (χ4n) is 4.03. The lowest BCUT2D eigenvalue weighted by Crippen LogP contribution is -2.40. The van der Waals surface area contributed by atoms with Crippen molar-refractivity contribution in [2.75, 3.05) is 36.9 Å². The number of sulfonamides is 1. The number of anilines is 4. The van der Waals surface area contributed by atoms with Crippen molar-refractivity contribution in [3.05, 3.63) is 60.3 Å². The molecule has 1 aliphatic heterocycles. The zero-order valence-corrected chi connectivity index (χ0v) is 22.7. The summed E-state index contributed by atoms with van der Waals surface area (Å²) in [6.45, 7) is 11.3. The first-order chi connectivity index (χ1) is 17.6. The molecule has 0 amide bonds. The van der Waals surface area contributed by atoms with Crippen LogP contribution in [0, 0.1) is 6.92 Å². The van der Waals surface area contributed by atoms with Gasteiger partial charge in [0, 0.05) is 39.5 Å². The molecule has 1 aromatic heterocycles. The molecule has 0 spiro atoms. The van der Waals surface area contributed by atoms with Crippen LogP contribution in [0.25, 0.3) is 0 Å². The van der Waals surface area contributed by atoms with Gasteiger partial charge in [-0.1, -0.05) is 6.07 Å². The molecule has 2 aromatic carbocycles. The largest absolute Gasteiger partial charge is 0.492 e. The molecular weight excluding hydrogens is 488 g/mol. The molecule has 0 radical (unpaired) electrons. The van der Waals surface area contributed by atoms with E-state index in [1.807, 2.05) is 52.0 Å². The summed E-state index contributed by atoms with van der Waals surface area (Å²) in [5, 5.41) is 6.44. The van der Waals surface area contributed by atoms with Crippen LogP contribution >= 0.6 is 0 Å². The zero-order chi connectivity index (χ0) is 26.5. The van der Waals surface area contributed by atoms with Crippen LogP contribution in [0.4, 0.5) is 23.1 Å². The molecule has 4 rings (SSSR count). The predicted octanol–water partition coefficient (Wildman–Crippen LogP) is 5.56. The summed E-state index contributed by atoms with van der Waals surface area (Å²) in [5.74, 6) is 1.83. The Labute approximate surface area is 224 Å². The molecule has 3 N–H and O–H groups in total. The van der Waals surface area contributed by atoms with Crippen molar-refractivity contribution in [3.8, 4) is 5.75 Å². The van der Waals surface area contributed by atoms with Crippen LogP contribution in [0.5, 0.6) is 5.75 Å². The fourth-order valence-corrected chi connectivity index (χ4v) is 5.49. The second kappa shape index (κ2) is 11.5. The van der Waals surface area contributed by atoms with E-state index in [9.17, 15) is 8.42 Å². The predicted molar refractivity (Wildman–Crippen MR) is 154 cm³/mol. The monoisotopic (exact) mass is 530 g/mol. The van der Waals surface area contributed by atoms with E-state index < -0.39 is 15.6 Å². The normalized spacial score (nSPS) is 14.5. The van der Waals surface area contributed by atoms with E-state index in [4.69, 9.17) is 4.74 Å². The smallest absolute Gasteiger partial charge is 0.241 e. The highest BCUT2D eigenvalue weighted by Crippen LogP contribution is 2.24. The topological polar surface area (TPSA) is 108 Å². The van der Waals surface area contributed by atoms with Crippen LogP contribution in [-0.2, 0) is 10.0 Å². The second-order valence-electron chi connectivity index (χ2n) is 10.3. The van der Waals surface area contributed by atoms with Gasteiger partial charge in [0.15, 0.2) is 0 Å². The van der Waals surface area contributed by atoms with Crippen LogP contribution in [0.15, 0.2) is 59.6 Å². The van der Waals surface area contributed by atoms with Crippen molar-refractivity contribution >= 4 is 33.2 Å². The Balaban J connectivity index is 0.00000267. The maximum Gasteiger partial charge on any atom is 0.241 e. The van der Waals surface area contributed by atoms with Gasteiger partial charge in [0.05, 0.1) is 4.90 Å². The van der Waals surface area contributed by atoms with E-state index in [0.717, 1.165) is 23.5 Å². The molecule has 10 heteroatoms. The third kappa shape index (κ3) is 7.88. The number of hydrogen-bond donors (Lipinski definition) is 3. The first kappa shape index (κ1) is 26.8. The van der Waals surface area contributed by atoms with Gasteiger partial charge >= 0.3 is 0 Å². The highest BCUT2D eigenvalue weighted by atomic mass is 32.2. The average molecular weight is 531 g/mol. The Morgan fingerprint density at radius 1 is 1.03 bits per heavy atom. The van der Waals surface area contributed by atoms with Gasteiger partial charge in [-0.05, 0) is 96.1 Å². The molecule has 3 aromatic rings. The van der Waals surface area contributed by atoms with Gasteiger partial charge in [-0.15, -0.1) is 0 Å². The van der Waals surface area contributed by atoms with Crippen LogP contribution in [0.2, 0.25) is 0 Å². The van der Waals surface area contributed by atoms with E-state index in [2.05, 4.69) is 30.2 Å². The number of aryl methyl sites for hydroxylation is 1. The van der Waals surface area contributed by atoms with Crippen molar-refractivity contribution in [3.63, 3.8) is 0 Å². The molecule has 0 aliphatic carbocycles. The third-order valence-corrected chi connectivity index (χ3v) is 7.56. The molecule has 37 heavy (non-hydrogen) atoms. The maximum absolute atomic E-state index is 12.7. The van der Waals surface area contributed by atoms with Crippen molar-refractivity contribution in [1.29, 1.82) is 0 Å². The minimum Gasteiger partial charge on any atom is -0.492 e.